The third-order valence-corrected chi connectivity index (χ3v) is 6.44. The number of aryl methyl sites for hydroxylation is 1. The fourth-order valence-electron chi connectivity index (χ4n) is 4.89. The Morgan fingerprint density at radius 2 is 1.72 bits per heavy atom. The molecule has 0 bridgehead atoms. The number of aliphatic carboxylic acids is 1. The van der Waals surface area contributed by atoms with Crippen molar-refractivity contribution in [1.82, 2.24) is 4.57 Å². The summed E-state index contributed by atoms with van der Waals surface area (Å²) < 4.78 is 63.2. The maximum absolute atomic E-state index is 14.4. The zero-order valence-corrected chi connectivity index (χ0v) is 21.2. The van der Waals surface area contributed by atoms with Crippen molar-refractivity contribution in [3.8, 4) is 11.4 Å². The van der Waals surface area contributed by atoms with E-state index in [1.54, 1.807) is 18.2 Å². The average molecular weight is 505 g/mol. The first kappa shape index (κ1) is 29.3. The number of benzene rings is 2. The standard InChI is InChI=1S/C24H23F4NO3.C2H6.CH3B/c1-23(12-14(13-23)22(30)31)11-10-17-20-18(4-3-5-19(20)32-2)29(21(17)24(26,27)28)16-8-6-15(25)7-9-16;2*1-2/h3-9,14H,10-13H2,1-2H3,(H,30,31);1-2H3;1H3. The van der Waals surface area contributed by atoms with Gasteiger partial charge in [0.15, 0.2) is 0 Å². The molecule has 194 valence electrons. The molecule has 0 unspecified atom stereocenters. The van der Waals surface area contributed by atoms with Crippen LogP contribution in [0.3, 0.4) is 0 Å². The summed E-state index contributed by atoms with van der Waals surface area (Å²) in [5.41, 5.74) is -0.529. The van der Waals surface area contributed by atoms with Crippen LogP contribution in [0.15, 0.2) is 42.5 Å². The molecule has 36 heavy (non-hydrogen) atoms. The lowest BCUT2D eigenvalue weighted by molar-refractivity contribution is -0.149. The SMILES string of the molecule is CC.COc1cccc2c1c(CCC1(C)CC(C(=O)O)C1)c(C(F)(F)F)n2-c1ccc(F)cc1.[B]C. The van der Waals surface area contributed by atoms with Crippen molar-refractivity contribution in [3.63, 3.8) is 0 Å². The van der Waals surface area contributed by atoms with E-state index < -0.39 is 29.6 Å². The van der Waals surface area contributed by atoms with Crippen molar-refractivity contribution in [2.45, 2.75) is 59.5 Å². The van der Waals surface area contributed by atoms with Crippen LogP contribution in [0.4, 0.5) is 17.6 Å². The molecule has 0 spiro atoms. The molecular weight excluding hydrogens is 473 g/mol. The summed E-state index contributed by atoms with van der Waals surface area (Å²) >= 11 is 0. The number of hydrogen-bond acceptors (Lipinski definition) is 2. The van der Waals surface area contributed by atoms with E-state index >= 15 is 0 Å². The van der Waals surface area contributed by atoms with Gasteiger partial charge in [-0.2, -0.15) is 13.2 Å². The number of methoxy groups -OCH3 is 1. The Labute approximate surface area is 210 Å². The van der Waals surface area contributed by atoms with E-state index in [9.17, 15) is 22.4 Å². The smallest absolute Gasteiger partial charge is 0.432 e. The molecule has 4 nitrogen and oxygen atoms in total. The second-order valence-corrected chi connectivity index (χ2v) is 8.75. The van der Waals surface area contributed by atoms with E-state index in [0.717, 1.165) is 16.7 Å². The minimum Gasteiger partial charge on any atom is -0.496 e. The molecule has 1 aliphatic rings. The zero-order chi connectivity index (χ0) is 27.3. The molecule has 1 heterocycles. The molecule has 3 aromatic rings. The molecule has 1 fully saturated rings. The highest BCUT2D eigenvalue weighted by Gasteiger charge is 2.45. The Balaban J connectivity index is 0.00000109. The van der Waals surface area contributed by atoms with Crippen molar-refractivity contribution in [3.05, 3.63) is 59.5 Å². The Morgan fingerprint density at radius 1 is 1.14 bits per heavy atom. The molecule has 4 rings (SSSR count). The second-order valence-electron chi connectivity index (χ2n) is 8.75. The second kappa shape index (κ2) is 11.8. The molecule has 0 saturated heterocycles. The Bertz CT molecular complexity index is 1170. The number of nitrogens with zero attached hydrogens (tertiary/aromatic N) is 1. The van der Waals surface area contributed by atoms with Crippen molar-refractivity contribution in [2.24, 2.45) is 11.3 Å². The van der Waals surface area contributed by atoms with Crippen molar-refractivity contribution in [2.75, 3.05) is 7.11 Å². The molecule has 1 N–H and O–H groups in total. The lowest BCUT2D eigenvalue weighted by atomic mass is 9.61. The number of ether oxygens (including phenoxy) is 1. The van der Waals surface area contributed by atoms with Crippen LogP contribution in [0.25, 0.3) is 16.6 Å². The predicted octanol–water partition coefficient (Wildman–Crippen LogP) is 7.46. The van der Waals surface area contributed by atoms with Crippen LogP contribution in [-0.4, -0.2) is 30.6 Å². The number of halogens is 4. The molecule has 2 aromatic carbocycles. The number of fused-ring (bicyclic) bond motifs is 1. The van der Waals surface area contributed by atoms with Gasteiger partial charge in [0, 0.05) is 11.1 Å². The van der Waals surface area contributed by atoms with E-state index in [4.69, 9.17) is 9.84 Å². The molecular formula is C27H32BF4NO3. The first-order chi connectivity index (χ1) is 17.0. The lowest BCUT2D eigenvalue weighted by Gasteiger charge is -2.43. The van der Waals surface area contributed by atoms with Gasteiger partial charge in [-0.05, 0) is 73.1 Å². The highest BCUT2D eigenvalue weighted by molar-refractivity contribution is 6.05. The maximum atomic E-state index is 14.4. The fourth-order valence-corrected chi connectivity index (χ4v) is 4.89. The Kier molecular flexibility index (Phi) is 9.63. The Morgan fingerprint density at radius 3 is 2.22 bits per heavy atom. The van der Waals surface area contributed by atoms with E-state index in [1.807, 2.05) is 20.8 Å². The molecule has 1 aliphatic carbocycles. The summed E-state index contributed by atoms with van der Waals surface area (Å²) in [5, 5.41) is 9.53. The van der Waals surface area contributed by atoms with Crippen LogP contribution < -0.4 is 4.74 Å². The van der Waals surface area contributed by atoms with Crippen LogP contribution in [0.2, 0.25) is 6.82 Å². The minimum absolute atomic E-state index is 0.106. The van der Waals surface area contributed by atoms with Crippen LogP contribution in [0.1, 0.15) is 51.3 Å². The molecule has 0 atom stereocenters. The van der Waals surface area contributed by atoms with Crippen molar-refractivity contribution in [1.29, 1.82) is 0 Å². The summed E-state index contributed by atoms with van der Waals surface area (Å²) in [6.45, 7) is 7.41. The van der Waals surface area contributed by atoms with Gasteiger partial charge in [0.2, 0.25) is 0 Å². The maximum Gasteiger partial charge on any atom is 0.432 e. The van der Waals surface area contributed by atoms with Gasteiger partial charge in [-0.15, -0.1) is 0 Å². The van der Waals surface area contributed by atoms with Crippen LogP contribution in [0, 0.1) is 17.2 Å². The zero-order valence-electron chi connectivity index (χ0n) is 21.2. The number of carboxylic acids is 1. The number of hydrogen-bond donors (Lipinski definition) is 1. The molecule has 1 aromatic heterocycles. The van der Waals surface area contributed by atoms with Gasteiger partial charge in [0.25, 0.3) is 0 Å². The van der Waals surface area contributed by atoms with Gasteiger partial charge in [-0.1, -0.05) is 33.7 Å². The number of carbonyl (C=O) groups is 1. The van der Waals surface area contributed by atoms with Gasteiger partial charge >= 0.3 is 12.1 Å². The quantitative estimate of drug-likeness (QED) is 0.280. The summed E-state index contributed by atoms with van der Waals surface area (Å²) in [7, 11) is 5.91. The van der Waals surface area contributed by atoms with E-state index in [2.05, 4.69) is 7.85 Å². The third kappa shape index (κ3) is 5.87. The van der Waals surface area contributed by atoms with Crippen LogP contribution in [0.5, 0.6) is 5.75 Å². The number of rotatable bonds is 6. The van der Waals surface area contributed by atoms with Gasteiger partial charge in [0.1, 0.15) is 17.3 Å². The first-order valence-corrected chi connectivity index (χ1v) is 11.9. The van der Waals surface area contributed by atoms with E-state index in [-0.39, 0.29) is 23.1 Å². The molecule has 0 aliphatic heterocycles. The number of carboxylic acid groups (broad SMARTS) is 1. The topological polar surface area (TPSA) is 51.5 Å². The summed E-state index contributed by atoms with van der Waals surface area (Å²) in [6, 6.07) is 9.72. The van der Waals surface area contributed by atoms with E-state index in [0.29, 0.717) is 35.9 Å². The van der Waals surface area contributed by atoms with Gasteiger partial charge in [-0.3, -0.25) is 4.79 Å². The van der Waals surface area contributed by atoms with Gasteiger partial charge < -0.3 is 14.4 Å². The average Bonchev–Trinajstić information content (AvgIpc) is 3.19. The minimum atomic E-state index is -4.67. The highest BCUT2D eigenvalue weighted by Crippen LogP contribution is 2.50. The van der Waals surface area contributed by atoms with Crippen molar-refractivity contribution < 1.29 is 32.2 Å². The molecule has 2 radical (unpaired) electrons. The summed E-state index contributed by atoms with van der Waals surface area (Å²) in [4.78, 5) is 11.2. The lowest BCUT2D eigenvalue weighted by Crippen LogP contribution is -2.39. The van der Waals surface area contributed by atoms with Crippen LogP contribution in [-0.2, 0) is 17.4 Å². The Hall–Kier alpha value is -2.97. The number of alkyl halides is 3. The van der Waals surface area contributed by atoms with Gasteiger partial charge in [-0.25, -0.2) is 4.39 Å². The highest BCUT2D eigenvalue weighted by atomic mass is 19.4. The van der Waals surface area contributed by atoms with Gasteiger partial charge in [0.05, 0.1) is 26.4 Å². The fraction of sp³-hybridized carbons (Fsp3) is 0.444. The van der Waals surface area contributed by atoms with Crippen LogP contribution >= 0.6 is 0 Å². The monoisotopic (exact) mass is 505 g/mol. The van der Waals surface area contributed by atoms with Crippen molar-refractivity contribution >= 4 is 24.7 Å². The molecule has 0 amide bonds. The normalized spacial score (nSPS) is 18.9. The first-order valence-electron chi connectivity index (χ1n) is 11.9. The molecule has 9 heteroatoms. The van der Waals surface area contributed by atoms with E-state index in [1.165, 1.54) is 26.1 Å². The third-order valence-electron chi connectivity index (χ3n) is 6.44. The summed E-state index contributed by atoms with van der Waals surface area (Å²) in [6.07, 6.45) is -3.25. The molecule has 1 saturated carbocycles. The summed E-state index contributed by atoms with van der Waals surface area (Å²) in [5.74, 6) is -1.53. The number of aromatic nitrogens is 1. The predicted molar refractivity (Wildman–Crippen MR) is 135 cm³/mol. The largest absolute Gasteiger partial charge is 0.496 e.